The maximum absolute atomic E-state index is 10.9. The van der Waals surface area contributed by atoms with Gasteiger partial charge in [-0.1, -0.05) is 11.6 Å². The van der Waals surface area contributed by atoms with Crippen LogP contribution in [0.15, 0.2) is 18.2 Å². The maximum atomic E-state index is 10.9. The SMILES string of the molecule is O=[N+]([O-])c1cc(Cl)ccc1N1CC[NH2+]CC1. The summed E-state index contributed by atoms with van der Waals surface area (Å²) in [5.41, 5.74) is 0.761. The molecule has 1 aliphatic rings. The van der Waals surface area contributed by atoms with Gasteiger partial charge in [0.2, 0.25) is 0 Å². The number of hydrogen-bond acceptors (Lipinski definition) is 3. The van der Waals surface area contributed by atoms with Crippen LogP contribution in [0.1, 0.15) is 0 Å². The van der Waals surface area contributed by atoms with E-state index in [9.17, 15) is 10.1 Å². The molecule has 0 atom stereocenters. The van der Waals surface area contributed by atoms with Crippen LogP contribution in [0.2, 0.25) is 5.02 Å². The Morgan fingerprint density at radius 3 is 2.69 bits per heavy atom. The third-order valence-corrected chi connectivity index (χ3v) is 2.92. The molecule has 0 spiro atoms. The van der Waals surface area contributed by atoms with E-state index in [0.717, 1.165) is 26.2 Å². The molecule has 1 heterocycles. The molecule has 0 amide bonds. The van der Waals surface area contributed by atoms with Crippen LogP contribution in [0.3, 0.4) is 0 Å². The first-order valence-electron chi connectivity index (χ1n) is 5.19. The summed E-state index contributed by atoms with van der Waals surface area (Å²) < 4.78 is 0. The molecule has 16 heavy (non-hydrogen) atoms. The number of nitro groups is 1. The minimum atomic E-state index is -0.375. The molecular formula is C10H13ClN3O2+. The van der Waals surface area contributed by atoms with Crippen LogP contribution < -0.4 is 10.2 Å². The highest BCUT2D eigenvalue weighted by Crippen LogP contribution is 2.30. The Morgan fingerprint density at radius 1 is 1.38 bits per heavy atom. The van der Waals surface area contributed by atoms with E-state index in [1.807, 2.05) is 4.90 Å². The lowest BCUT2D eigenvalue weighted by Crippen LogP contribution is -2.89. The zero-order chi connectivity index (χ0) is 11.5. The quantitative estimate of drug-likeness (QED) is 0.611. The fourth-order valence-electron chi connectivity index (χ4n) is 1.90. The Kier molecular flexibility index (Phi) is 3.26. The average Bonchev–Trinajstić information content (AvgIpc) is 2.30. The second-order valence-electron chi connectivity index (χ2n) is 3.74. The Morgan fingerprint density at radius 2 is 2.06 bits per heavy atom. The zero-order valence-electron chi connectivity index (χ0n) is 8.73. The van der Waals surface area contributed by atoms with Gasteiger partial charge in [-0.2, -0.15) is 0 Å². The molecular weight excluding hydrogens is 230 g/mol. The number of nitrogens with zero attached hydrogens (tertiary/aromatic N) is 2. The van der Waals surface area contributed by atoms with Crippen molar-refractivity contribution in [1.82, 2.24) is 0 Å². The summed E-state index contributed by atoms with van der Waals surface area (Å²) in [6, 6.07) is 4.84. The van der Waals surface area contributed by atoms with E-state index in [1.54, 1.807) is 12.1 Å². The van der Waals surface area contributed by atoms with Crippen molar-refractivity contribution >= 4 is 23.0 Å². The molecule has 2 N–H and O–H groups in total. The molecule has 1 saturated heterocycles. The van der Waals surface area contributed by atoms with Crippen molar-refractivity contribution < 1.29 is 10.2 Å². The van der Waals surface area contributed by atoms with Crippen molar-refractivity contribution in [3.05, 3.63) is 33.3 Å². The van der Waals surface area contributed by atoms with E-state index in [4.69, 9.17) is 11.6 Å². The average molecular weight is 243 g/mol. The van der Waals surface area contributed by atoms with Crippen LogP contribution in [-0.2, 0) is 0 Å². The molecule has 1 fully saturated rings. The van der Waals surface area contributed by atoms with Crippen LogP contribution in [0.25, 0.3) is 0 Å². The molecule has 0 aliphatic carbocycles. The number of hydrogen-bond donors (Lipinski definition) is 1. The summed E-state index contributed by atoms with van der Waals surface area (Å²) in [4.78, 5) is 12.6. The van der Waals surface area contributed by atoms with Crippen LogP contribution >= 0.6 is 11.6 Å². The molecule has 86 valence electrons. The predicted octanol–water partition coefficient (Wildman–Crippen LogP) is 0.632. The van der Waals surface area contributed by atoms with Crippen molar-refractivity contribution in [2.24, 2.45) is 0 Å². The first-order valence-corrected chi connectivity index (χ1v) is 5.57. The number of nitro benzene ring substituents is 1. The van der Waals surface area contributed by atoms with Gasteiger partial charge in [-0.05, 0) is 12.1 Å². The normalized spacial score (nSPS) is 16.2. The molecule has 0 bridgehead atoms. The smallest absolute Gasteiger partial charge is 0.294 e. The van der Waals surface area contributed by atoms with Gasteiger partial charge in [-0.25, -0.2) is 0 Å². The van der Waals surface area contributed by atoms with Crippen LogP contribution in [-0.4, -0.2) is 31.1 Å². The lowest BCUT2D eigenvalue weighted by atomic mass is 10.2. The van der Waals surface area contributed by atoms with Gasteiger partial charge < -0.3 is 10.2 Å². The molecule has 0 saturated carbocycles. The number of rotatable bonds is 2. The Balaban J connectivity index is 2.34. The Bertz CT molecular complexity index is 405. The van der Waals surface area contributed by atoms with E-state index in [1.165, 1.54) is 6.07 Å². The fourth-order valence-corrected chi connectivity index (χ4v) is 2.07. The van der Waals surface area contributed by atoms with Crippen molar-refractivity contribution in [1.29, 1.82) is 0 Å². The maximum Gasteiger partial charge on any atom is 0.294 e. The van der Waals surface area contributed by atoms with Gasteiger partial charge in [0.15, 0.2) is 0 Å². The number of benzene rings is 1. The Labute approximate surface area is 98.2 Å². The molecule has 1 aliphatic heterocycles. The summed E-state index contributed by atoms with van der Waals surface area (Å²) in [7, 11) is 0. The molecule has 5 nitrogen and oxygen atoms in total. The van der Waals surface area contributed by atoms with Gasteiger partial charge in [0.1, 0.15) is 5.69 Å². The first kappa shape index (κ1) is 11.2. The minimum absolute atomic E-state index is 0.0920. The predicted molar refractivity (Wildman–Crippen MR) is 62.0 cm³/mol. The van der Waals surface area contributed by atoms with Gasteiger partial charge in [0.25, 0.3) is 5.69 Å². The first-order chi connectivity index (χ1) is 7.68. The van der Waals surface area contributed by atoms with Crippen LogP contribution in [0.5, 0.6) is 0 Å². The van der Waals surface area contributed by atoms with Crippen LogP contribution in [0.4, 0.5) is 11.4 Å². The molecule has 6 heteroatoms. The van der Waals surface area contributed by atoms with E-state index >= 15 is 0 Å². The highest BCUT2D eigenvalue weighted by Gasteiger charge is 2.22. The summed E-state index contributed by atoms with van der Waals surface area (Å²) >= 11 is 5.77. The van der Waals surface area contributed by atoms with E-state index in [2.05, 4.69) is 5.32 Å². The molecule has 2 rings (SSSR count). The molecule has 1 aromatic rings. The molecule has 0 aromatic heterocycles. The van der Waals surface area contributed by atoms with Crippen molar-refractivity contribution in [2.75, 3.05) is 31.1 Å². The Hall–Kier alpha value is -1.33. The number of piperazine rings is 1. The third kappa shape index (κ3) is 2.25. The molecule has 0 radical (unpaired) electrons. The van der Waals surface area contributed by atoms with Crippen molar-refractivity contribution in [3.63, 3.8) is 0 Å². The monoisotopic (exact) mass is 242 g/mol. The summed E-state index contributed by atoms with van der Waals surface area (Å²) in [6.45, 7) is 3.62. The van der Waals surface area contributed by atoms with E-state index < -0.39 is 0 Å². The van der Waals surface area contributed by atoms with E-state index in [0.29, 0.717) is 10.7 Å². The van der Waals surface area contributed by atoms with Crippen LogP contribution in [0, 0.1) is 10.1 Å². The highest BCUT2D eigenvalue weighted by atomic mass is 35.5. The highest BCUT2D eigenvalue weighted by molar-refractivity contribution is 6.30. The van der Waals surface area contributed by atoms with E-state index in [-0.39, 0.29) is 10.6 Å². The second-order valence-corrected chi connectivity index (χ2v) is 4.18. The second kappa shape index (κ2) is 4.67. The van der Waals surface area contributed by atoms with Gasteiger partial charge in [-0.3, -0.25) is 10.1 Å². The van der Waals surface area contributed by atoms with Crippen molar-refractivity contribution in [2.45, 2.75) is 0 Å². The summed E-state index contributed by atoms with van der Waals surface area (Å²) in [5.74, 6) is 0. The molecule has 1 aromatic carbocycles. The fraction of sp³-hybridized carbons (Fsp3) is 0.400. The minimum Gasteiger partial charge on any atom is -0.355 e. The zero-order valence-corrected chi connectivity index (χ0v) is 9.48. The number of quaternary nitrogens is 1. The number of halogens is 1. The summed E-state index contributed by atoms with van der Waals surface area (Å²) in [5, 5.41) is 13.5. The number of nitrogens with two attached hydrogens (primary N) is 1. The topological polar surface area (TPSA) is 63.0 Å². The van der Waals surface area contributed by atoms with Gasteiger partial charge in [0.05, 0.1) is 31.1 Å². The molecule has 0 unspecified atom stereocenters. The van der Waals surface area contributed by atoms with Gasteiger partial charge >= 0.3 is 0 Å². The summed E-state index contributed by atoms with van der Waals surface area (Å²) in [6.07, 6.45) is 0. The lowest BCUT2D eigenvalue weighted by molar-refractivity contribution is -0.655. The third-order valence-electron chi connectivity index (χ3n) is 2.68. The largest absolute Gasteiger partial charge is 0.355 e. The van der Waals surface area contributed by atoms with Gasteiger partial charge in [-0.15, -0.1) is 0 Å². The number of anilines is 1. The van der Waals surface area contributed by atoms with Crippen molar-refractivity contribution in [3.8, 4) is 0 Å². The van der Waals surface area contributed by atoms with Gasteiger partial charge in [0, 0.05) is 11.1 Å². The lowest BCUT2D eigenvalue weighted by Gasteiger charge is -2.26. The standard InChI is InChI=1S/C10H12ClN3O2/c11-8-1-2-9(10(7-8)14(15)16)13-5-3-12-4-6-13/h1-2,7,12H,3-6H2/p+1.